The van der Waals surface area contributed by atoms with Crippen LogP contribution in [0.3, 0.4) is 0 Å². The van der Waals surface area contributed by atoms with Crippen LogP contribution in [0.1, 0.15) is 31.1 Å². The third-order valence-electron chi connectivity index (χ3n) is 2.94. The van der Waals surface area contributed by atoms with Crippen LogP contribution in [0.5, 0.6) is 5.75 Å². The number of likely N-dealkylation sites (N-methyl/N-ethyl adjacent to an activating group) is 1. The van der Waals surface area contributed by atoms with E-state index < -0.39 is 6.04 Å². The van der Waals surface area contributed by atoms with E-state index in [9.17, 15) is 9.59 Å². The quantitative estimate of drug-likeness (QED) is 0.830. The van der Waals surface area contributed by atoms with Gasteiger partial charge < -0.3 is 15.4 Å². The molecule has 1 aromatic rings. The van der Waals surface area contributed by atoms with Crippen LogP contribution in [-0.4, -0.2) is 31.5 Å². The van der Waals surface area contributed by atoms with E-state index in [-0.39, 0.29) is 17.7 Å². The average molecular weight is 278 g/mol. The topological polar surface area (TPSA) is 67.4 Å². The summed E-state index contributed by atoms with van der Waals surface area (Å²) >= 11 is 0. The molecule has 0 fully saturated rings. The molecule has 1 aromatic carbocycles. The van der Waals surface area contributed by atoms with Crippen molar-refractivity contribution in [2.45, 2.75) is 26.8 Å². The minimum absolute atomic E-state index is 0.0174. The van der Waals surface area contributed by atoms with Gasteiger partial charge in [0.15, 0.2) is 0 Å². The lowest BCUT2D eigenvalue weighted by atomic mass is 10.0. The fraction of sp³-hybridized carbons (Fsp3) is 0.467. The standard InChI is InChI=1S/C15H22N2O3/c1-5-16-15(19)13(10(2)3)17-14(18)11-6-8-12(20-4)9-7-11/h6-10,13H,5H2,1-4H3,(H,16,19)(H,17,18)/t13-/m1/s1. The van der Waals surface area contributed by atoms with Gasteiger partial charge in [0.1, 0.15) is 11.8 Å². The largest absolute Gasteiger partial charge is 0.497 e. The molecule has 0 aliphatic carbocycles. The van der Waals surface area contributed by atoms with E-state index >= 15 is 0 Å². The summed E-state index contributed by atoms with van der Waals surface area (Å²) in [6.07, 6.45) is 0. The summed E-state index contributed by atoms with van der Waals surface area (Å²) in [6.45, 7) is 6.18. The van der Waals surface area contributed by atoms with Crippen molar-refractivity contribution in [3.63, 3.8) is 0 Å². The summed E-state index contributed by atoms with van der Waals surface area (Å²) in [5.41, 5.74) is 0.501. The highest BCUT2D eigenvalue weighted by Crippen LogP contribution is 2.12. The molecule has 0 spiro atoms. The lowest BCUT2D eigenvalue weighted by Gasteiger charge is -2.21. The number of hydrogen-bond acceptors (Lipinski definition) is 3. The molecule has 5 heteroatoms. The summed E-state index contributed by atoms with van der Waals surface area (Å²) in [7, 11) is 1.57. The molecule has 0 saturated carbocycles. The molecule has 5 nitrogen and oxygen atoms in total. The van der Waals surface area contributed by atoms with Crippen LogP contribution < -0.4 is 15.4 Å². The second-order valence-corrected chi connectivity index (χ2v) is 4.82. The van der Waals surface area contributed by atoms with Crippen LogP contribution in [0.2, 0.25) is 0 Å². The third kappa shape index (κ3) is 4.26. The molecule has 0 bridgehead atoms. The van der Waals surface area contributed by atoms with Crippen LogP contribution >= 0.6 is 0 Å². The Morgan fingerprint density at radius 2 is 1.80 bits per heavy atom. The van der Waals surface area contributed by atoms with Gasteiger partial charge in [0.05, 0.1) is 7.11 Å². The number of methoxy groups -OCH3 is 1. The van der Waals surface area contributed by atoms with Crippen molar-refractivity contribution in [2.24, 2.45) is 5.92 Å². The predicted molar refractivity (Wildman–Crippen MR) is 77.8 cm³/mol. The number of nitrogens with one attached hydrogen (secondary N) is 2. The maximum Gasteiger partial charge on any atom is 0.251 e. The fourth-order valence-electron chi connectivity index (χ4n) is 1.79. The third-order valence-corrected chi connectivity index (χ3v) is 2.94. The van der Waals surface area contributed by atoms with Crippen LogP contribution in [0.25, 0.3) is 0 Å². The molecule has 110 valence electrons. The molecule has 0 radical (unpaired) electrons. The first-order chi connectivity index (χ1) is 9.49. The monoisotopic (exact) mass is 278 g/mol. The van der Waals surface area contributed by atoms with Gasteiger partial charge in [-0.25, -0.2) is 0 Å². The van der Waals surface area contributed by atoms with E-state index in [2.05, 4.69) is 10.6 Å². The summed E-state index contributed by atoms with van der Waals surface area (Å²) < 4.78 is 5.04. The van der Waals surface area contributed by atoms with Crippen molar-refractivity contribution in [3.8, 4) is 5.75 Å². The molecule has 0 aromatic heterocycles. The maximum atomic E-state index is 12.1. The lowest BCUT2D eigenvalue weighted by molar-refractivity contribution is -0.123. The van der Waals surface area contributed by atoms with Crippen LogP contribution in [0, 0.1) is 5.92 Å². The lowest BCUT2D eigenvalue weighted by Crippen LogP contribution is -2.49. The molecule has 1 rings (SSSR count). The Balaban J connectivity index is 2.77. The first kappa shape index (κ1) is 16.0. The van der Waals surface area contributed by atoms with Crippen molar-refractivity contribution in [1.29, 1.82) is 0 Å². The van der Waals surface area contributed by atoms with Gasteiger partial charge in [0.25, 0.3) is 5.91 Å². The van der Waals surface area contributed by atoms with Crippen LogP contribution in [0.15, 0.2) is 24.3 Å². The molecule has 2 amide bonds. The normalized spacial score (nSPS) is 11.8. The molecule has 2 N–H and O–H groups in total. The zero-order valence-corrected chi connectivity index (χ0v) is 12.4. The van der Waals surface area contributed by atoms with E-state index in [0.717, 1.165) is 0 Å². The number of ether oxygens (including phenoxy) is 1. The van der Waals surface area contributed by atoms with E-state index in [0.29, 0.717) is 17.9 Å². The van der Waals surface area contributed by atoms with Gasteiger partial charge in [0, 0.05) is 12.1 Å². The van der Waals surface area contributed by atoms with Gasteiger partial charge in [-0.3, -0.25) is 9.59 Å². The molecule has 0 saturated heterocycles. The van der Waals surface area contributed by atoms with Crippen molar-refractivity contribution < 1.29 is 14.3 Å². The fourth-order valence-corrected chi connectivity index (χ4v) is 1.79. The predicted octanol–water partition coefficient (Wildman–Crippen LogP) is 1.59. The zero-order chi connectivity index (χ0) is 15.1. The van der Waals surface area contributed by atoms with Crippen LogP contribution in [-0.2, 0) is 4.79 Å². The minimum atomic E-state index is -0.537. The maximum absolute atomic E-state index is 12.1. The van der Waals surface area contributed by atoms with Gasteiger partial charge >= 0.3 is 0 Å². The number of carbonyl (C=O) groups is 2. The first-order valence-electron chi connectivity index (χ1n) is 6.72. The summed E-state index contributed by atoms with van der Waals surface area (Å²) in [6, 6.07) is 6.23. The molecule has 0 unspecified atom stereocenters. The Kier molecular flexibility index (Phi) is 6.03. The Morgan fingerprint density at radius 3 is 2.25 bits per heavy atom. The summed E-state index contributed by atoms with van der Waals surface area (Å²) in [5.74, 6) is 0.274. The van der Waals surface area contributed by atoms with E-state index in [1.165, 1.54) is 0 Å². The number of rotatable bonds is 6. The second kappa shape index (κ2) is 7.53. The van der Waals surface area contributed by atoms with Crippen molar-refractivity contribution in [3.05, 3.63) is 29.8 Å². The number of hydrogen-bond donors (Lipinski definition) is 2. The van der Waals surface area contributed by atoms with Gasteiger partial charge in [-0.05, 0) is 37.1 Å². The Hall–Kier alpha value is -2.04. The van der Waals surface area contributed by atoms with E-state index in [1.54, 1.807) is 31.4 Å². The molecule has 0 aliphatic heterocycles. The highest BCUT2D eigenvalue weighted by molar-refractivity contribution is 5.97. The van der Waals surface area contributed by atoms with Crippen molar-refractivity contribution in [2.75, 3.05) is 13.7 Å². The first-order valence-corrected chi connectivity index (χ1v) is 6.72. The Labute approximate surface area is 119 Å². The smallest absolute Gasteiger partial charge is 0.251 e. The Bertz CT molecular complexity index is 455. The van der Waals surface area contributed by atoms with Crippen molar-refractivity contribution >= 4 is 11.8 Å². The average Bonchev–Trinajstić information content (AvgIpc) is 2.44. The van der Waals surface area contributed by atoms with Gasteiger partial charge in [-0.2, -0.15) is 0 Å². The minimum Gasteiger partial charge on any atom is -0.497 e. The van der Waals surface area contributed by atoms with Gasteiger partial charge in [-0.15, -0.1) is 0 Å². The van der Waals surface area contributed by atoms with Gasteiger partial charge in [-0.1, -0.05) is 13.8 Å². The molecular weight excluding hydrogens is 256 g/mol. The number of amides is 2. The highest BCUT2D eigenvalue weighted by atomic mass is 16.5. The number of carbonyl (C=O) groups excluding carboxylic acids is 2. The molecular formula is C15H22N2O3. The number of benzene rings is 1. The molecule has 0 aliphatic rings. The Morgan fingerprint density at radius 1 is 1.20 bits per heavy atom. The molecule has 0 heterocycles. The zero-order valence-electron chi connectivity index (χ0n) is 12.4. The van der Waals surface area contributed by atoms with E-state index in [1.807, 2.05) is 20.8 Å². The molecule has 20 heavy (non-hydrogen) atoms. The highest BCUT2D eigenvalue weighted by Gasteiger charge is 2.23. The van der Waals surface area contributed by atoms with Crippen molar-refractivity contribution in [1.82, 2.24) is 10.6 Å². The SMILES string of the molecule is CCNC(=O)[C@H](NC(=O)c1ccc(OC)cc1)C(C)C. The van der Waals surface area contributed by atoms with Gasteiger partial charge in [0.2, 0.25) is 5.91 Å². The second-order valence-electron chi connectivity index (χ2n) is 4.82. The summed E-state index contributed by atoms with van der Waals surface area (Å²) in [4.78, 5) is 24.0. The molecule has 1 atom stereocenters. The van der Waals surface area contributed by atoms with Crippen LogP contribution in [0.4, 0.5) is 0 Å². The van der Waals surface area contributed by atoms with E-state index in [4.69, 9.17) is 4.74 Å². The summed E-state index contributed by atoms with van der Waals surface area (Å²) in [5, 5.41) is 5.49.